The Morgan fingerprint density at radius 1 is 0.232 bits per heavy atom. The molecule has 0 unspecified atom stereocenters. The Morgan fingerprint density at radius 2 is 0.411 bits per heavy atom. The highest BCUT2D eigenvalue weighted by Crippen LogP contribution is 2.30. The van der Waals surface area contributed by atoms with Crippen LogP contribution in [0, 0.1) is 0 Å². The van der Waals surface area contributed by atoms with Crippen LogP contribution in [0.1, 0.15) is 109 Å². The zero-order chi connectivity index (χ0) is 42.3. The third-order valence-electron chi connectivity index (χ3n) is 7.44. The van der Waals surface area contributed by atoms with Gasteiger partial charge in [-0.1, -0.05) is 43.2 Å². The maximum Gasteiger partial charge on any atom is 0.501 e. The molecule has 0 fully saturated rings. The Morgan fingerprint density at radius 3 is 0.607 bits per heavy atom. The van der Waals surface area contributed by atoms with Gasteiger partial charge in [0.25, 0.3) is 0 Å². The minimum Gasteiger partial charge on any atom is -0.374 e. The molecular weight excluding hydrogens is 865 g/mol. The normalized spacial score (nSPS) is 12.6. The largest absolute Gasteiger partial charge is 0.501 e. The standard InChI is InChI=1S/C20H46O6S2Si2.C16H38O6S2Si2/c1-7-21-29(22-8-2,23-9-3)19-15-13-17-27-28-18-14-16-20-30(24-10-4,25-11-5)26-12-6;1-7-17-25(18-8-2,19-9-3)15-13-23-24-14-16-26(20-10-4,21-11-5)22-12-6/h7-20H2,1-6H3;7-16H2,1-6H3. The first-order chi connectivity index (χ1) is 27.1. The molecule has 0 aromatic carbocycles. The summed E-state index contributed by atoms with van der Waals surface area (Å²) in [5, 5.41) is 0. The first-order valence-corrected chi connectivity index (χ1v) is 34.0. The van der Waals surface area contributed by atoms with Gasteiger partial charge in [-0.25, -0.2) is 0 Å². The van der Waals surface area contributed by atoms with Crippen molar-refractivity contribution in [1.82, 2.24) is 0 Å². The molecule has 0 rings (SSSR count). The van der Waals surface area contributed by atoms with Gasteiger partial charge < -0.3 is 53.1 Å². The molecule has 0 saturated heterocycles. The third kappa shape index (κ3) is 29.2. The second-order valence-corrected chi connectivity index (χ2v) is 28.0. The first kappa shape index (κ1) is 59.9. The average Bonchev–Trinajstić information content (AvgIpc) is 3.15. The van der Waals surface area contributed by atoms with E-state index in [-0.39, 0.29) is 0 Å². The molecule has 0 bridgehead atoms. The van der Waals surface area contributed by atoms with Crippen molar-refractivity contribution >= 4 is 78.4 Å². The van der Waals surface area contributed by atoms with Crippen molar-refractivity contribution in [3.05, 3.63) is 0 Å². The highest BCUT2D eigenvalue weighted by Gasteiger charge is 2.42. The van der Waals surface area contributed by atoms with E-state index in [4.69, 9.17) is 53.1 Å². The molecule has 0 aliphatic heterocycles. The number of hydrogen-bond donors (Lipinski definition) is 0. The lowest BCUT2D eigenvalue weighted by Crippen LogP contribution is -2.46. The molecule has 0 aromatic heterocycles. The van der Waals surface area contributed by atoms with Crippen LogP contribution in [-0.4, -0.2) is 138 Å². The van der Waals surface area contributed by atoms with Crippen molar-refractivity contribution in [1.29, 1.82) is 0 Å². The van der Waals surface area contributed by atoms with E-state index in [2.05, 4.69) is 0 Å². The summed E-state index contributed by atoms with van der Waals surface area (Å²) in [5.41, 5.74) is 0. The predicted molar refractivity (Wildman–Crippen MR) is 250 cm³/mol. The van der Waals surface area contributed by atoms with Gasteiger partial charge in [-0.05, 0) is 109 Å². The van der Waals surface area contributed by atoms with Crippen molar-refractivity contribution in [2.75, 3.05) is 102 Å². The van der Waals surface area contributed by atoms with Crippen LogP contribution in [0.15, 0.2) is 0 Å². The van der Waals surface area contributed by atoms with Crippen LogP contribution in [0.25, 0.3) is 0 Å². The minimum absolute atomic E-state index is 0.620. The van der Waals surface area contributed by atoms with E-state index in [1.54, 1.807) is 0 Å². The molecule has 0 aliphatic carbocycles. The molecule has 0 spiro atoms. The molecule has 12 nitrogen and oxygen atoms in total. The zero-order valence-corrected chi connectivity index (χ0v) is 44.8. The van der Waals surface area contributed by atoms with Crippen molar-refractivity contribution in [3.8, 4) is 0 Å². The molecule has 56 heavy (non-hydrogen) atoms. The molecule has 0 amide bonds. The molecule has 0 saturated carbocycles. The lowest BCUT2D eigenvalue weighted by molar-refractivity contribution is 0.0700. The fraction of sp³-hybridized carbons (Fsp3) is 1.00. The molecule has 340 valence electrons. The fourth-order valence-corrected chi connectivity index (χ4v) is 22.4. The van der Waals surface area contributed by atoms with Crippen LogP contribution in [-0.2, 0) is 53.1 Å². The number of hydrogen-bond acceptors (Lipinski definition) is 16. The molecular formula is C36H84O12S4Si4. The summed E-state index contributed by atoms with van der Waals surface area (Å²) < 4.78 is 70.8. The van der Waals surface area contributed by atoms with Crippen LogP contribution in [0.2, 0.25) is 24.2 Å². The summed E-state index contributed by atoms with van der Waals surface area (Å²) in [7, 11) is -2.44. The van der Waals surface area contributed by atoms with Gasteiger partial charge in [-0.3, -0.25) is 0 Å². The van der Waals surface area contributed by atoms with Gasteiger partial charge in [0.2, 0.25) is 0 Å². The number of rotatable bonds is 42. The van der Waals surface area contributed by atoms with Crippen LogP contribution in [0.4, 0.5) is 0 Å². The third-order valence-corrected chi connectivity index (χ3v) is 25.6. The average molecular weight is 950 g/mol. The van der Waals surface area contributed by atoms with Gasteiger partial charge in [0.1, 0.15) is 0 Å². The van der Waals surface area contributed by atoms with Crippen LogP contribution >= 0.6 is 43.2 Å². The zero-order valence-electron chi connectivity index (χ0n) is 37.5. The van der Waals surface area contributed by atoms with Gasteiger partial charge in [-0.15, -0.1) is 0 Å². The second kappa shape index (κ2) is 40.8. The molecule has 0 aliphatic rings. The van der Waals surface area contributed by atoms with Crippen molar-refractivity contribution in [2.45, 2.75) is 133 Å². The maximum absolute atomic E-state index is 5.92. The summed E-state index contributed by atoms with van der Waals surface area (Å²) >= 11 is 0. The summed E-state index contributed by atoms with van der Waals surface area (Å²) in [4.78, 5) is 0. The van der Waals surface area contributed by atoms with E-state index < -0.39 is 35.2 Å². The SMILES string of the molecule is CCO[Si](CCCCSSCCCC[Si](OCC)(OCC)OCC)(OCC)OCC.CCO[Si](CCSSCC[Si](OCC)(OCC)OCC)(OCC)OCC. The molecule has 0 aromatic rings. The molecule has 0 N–H and O–H groups in total. The van der Waals surface area contributed by atoms with E-state index in [0.717, 1.165) is 72.9 Å². The Labute approximate surface area is 364 Å². The second-order valence-electron chi connectivity index (χ2n) is 11.6. The Balaban J connectivity index is 0. The van der Waals surface area contributed by atoms with E-state index in [9.17, 15) is 0 Å². The van der Waals surface area contributed by atoms with Crippen molar-refractivity contribution in [2.24, 2.45) is 0 Å². The van der Waals surface area contributed by atoms with E-state index in [1.165, 1.54) is 0 Å². The minimum atomic E-state index is -2.53. The summed E-state index contributed by atoms with van der Waals surface area (Å²) in [5.74, 6) is 4.16. The highest BCUT2D eigenvalue weighted by molar-refractivity contribution is 8.77. The topological polar surface area (TPSA) is 111 Å². The van der Waals surface area contributed by atoms with E-state index in [0.29, 0.717) is 79.3 Å². The van der Waals surface area contributed by atoms with Crippen LogP contribution < -0.4 is 0 Å². The lowest BCUT2D eigenvalue weighted by atomic mass is 10.4. The fourth-order valence-electron chi connectivity index (χ4n) is 5.58. The summed E-state index contributed by atoms with van der Waals surface area (Å²) in [6, 6.07) is 3.47. The van der Waals surface area contributed by atoms with Gasteiger partial charge in [-0.2, -0.15) is 0 Å². The van der Waals surface area contributed by atoms with Crippen molar-refractivity contribution in [3.63, 3.8) is 0 Å². The van der Waals surface area contributed by atoms with Gasteiger partial charge in [0, 0.05) is 126 Å². The smallest absolute Gasteiger partial charge is 0.374 e. The maximum atomic E-state index is 5.92. The number of unbranched alkanes of at least 4 members (excludes halogenated alkanes) is 2. The van der Waals surface area contributed by atoms with E-state index in [1.807, 2.05) is 126 Å². The highest BCUT2D eigenvalue weighted by atomic mass is 33.1. The monoisotopic (exact) mass is 948 g/mol. The summed E-state index contributed by atoms with van der Waals surface area (Å²) in [6.07, 6.45) is 4.50. The predicted octanol–water partition coefficient (Wildman–Crippen LogP) is 10.5. The van der Waals surface area contributed by atoms with Crippen LogP contribution in [0.5, 0.6) is 0 Å². The van der Waals surface area contributed by atoms with Crippen molar-refractivity contribution < 1.29 is 53.1 Å². The lowest BCUT2D eigenvalue weighted by Gasteiger charge is -2.29. The van der Waals surface area contributed by atoms with Crippen LogP contribution in [0.3, 0.4) is 0 Å². The van der Waals surface area contributed by atoms with Gasteiger partial charge in [0.05, 0.1) is 0 Å². The van der Waals surface area contributed by atoms with Gasteiger partial charge >= 0.3 is 35.2 Å². The Bertz CT molecular complexity index is 708. The molecule has 0 radical (unpaired) electrons. The molecule has 20 heteroatoms. The Kier molecular flexibility index (Phi) is 43.7. The first-order valence-electron chi connectivity index (χ1n) is 21.3. The summed E-state index contributed by atoms with van der Waals surface area (Å²) in [6.45, 7) is 31.6. The molecule has 0 atom stereocenters. The quantitative estimate of drug-likeness (QED) is 0.0328. The van der Waals surface area contributed by atoms with E-state index >= 15 is 0 Å². The van der Waals surface area contributed by atoms with Gasteiger partial charge in [0.15, 0.2) is 0 Å². The molecule has 0 heterocycles. The Hall–Kier alpha value is 1.79.